The SMILES string of the molecule is CCC(CCc1ccc(OC)cc1)N1CCN(C(CC)CCc2ccc(OC)cc2)CC1. The second kappa shape index (κ2) is 12.9. The van der Waals surface area contributed by atoms with Crippen LogP contribution in [0.3, 0.4) is 0 Å². The number of aryl methyl sites for hydroxylation is 2. The van der Waals surface area contributed by atoms with Gasteiger partial charge in [-0.3, -0.25) is 9.80 Å². The van der Waals surface area contributed by atoms with E-state index in [0.717, 1.165) is 24.3 Å². The lowest BCUT2D eigenvalue weighted by Gasteiger charge is -2.42. The van der Waals surface area contributed by atoms with Gasteiger partial charge in [0.1, 0.15) is 11.5 Å². The van der Waals surface area contributed by atoms with E-state index in [0.29, 0.717) is 12.1 Å². The molecule has 1 fully saturated rings. The van der Waals surface area contributed by atoms with E-state index in [4.69, 9.17) is 9.47 Å². The van der Waals surface area contributed by atoms with Crippen LogP contribution < -0.4 is 9.47 Å². The van der Waals surface area contributed by atoms with E-state index < -0.39 is 0 Å². The number of rotatable bonds is 12. The Kier molecular flexibility index (Phi) is 9.89. The van der Waals surface area contributed by atoms with Crippen molar-refractivity contribution in [3.63, 3.8) is 0 Å². The number of methoxy groups -OCH3 is 2. The predicted molar refractivity (Wildman–Crippen MR) is 134 cm³/mol. The average molecular weight is 439 g/mol. The molecule has 176 valence electrons. The number of hydrogen-bond donors (Lipinski definition) is 0. The lowest BCUT2D eigenvalue weighted by molar-refractivity contribution is 0.0609. The molecule has 0 spiro atoms. The fourth-order valence-electron chi connectivity index (χ4n) is 5.01. The minimum atomic E-state index is 0.679. The smallest absolute Gasteiger partial charge is 0.118 e. The fraction of sp³-hybridized carbons (Fsp3) is 0.571. The molecule has 0 bridgehead atoms. The summed E-state index contributed by atoms with van der Waals surface area (Å²) in [6.45, 7) is 9.46. The third kappa shape index (κ3) is 6.98. The van der Waals surface area contributed by atoms with Crippen molar-refractivity contribution < 1.29 is 9.47 Å². The van der Waals surface area contributed by atoms with Crippen molar-refractivity contribution in [1.29, 1.82) is 0 Å². The number of hydrogen-bond acceptors (Lipinski definition) is 4. The van der Waals surface area contributed by atoms with Crippen LogP contribution in [-0.2, 0) is 12.8 Å². The second-order valence-corrected chi connectivity index (χ2v) is 8.97. The zero-order valence-corrected chi connectivity index (χ0v) is 20.6. The Balaban J connectivity index is 1.44. The largest absolute Gasteiger partial charge is 0.497 e. The maximum absolute atomic E-state index is 5.28. The Morgan fingerprint density at radius 1 is 0.625 bits per heavy atom. The van der Waals surface area contributed by atoms with E-state index in [1.165, 1.54) is 63.0 Å². The molecule has 3 rings (SSSR count). The lowest BCUT2D eigenvalue weighted by Crippen LogP contribution is -2.53. The van der Waals surface area contributed by atoms with Gasteiger partial charge in [-0.05, 0) is 73.9 Å². The van der Waals surface area contributed by atoms with Gasteiger partial charge in [-0.25, -0.2) is 0 Å². The van der Waals surface area contributed by atoms with Gasteiger partial charge in [0.2, 0.25) is 0 Å². The molecule has 1 aliphatic heterocycles. The molecule has 0 N–H and O–H groups in total. The molecule has 2 atom stereocenters. The van der Waals surface area contributed by atoms with E-state index in [1.807, 2.05) is 0 Å². The van der Waals surface area contributed by atoms with Gasteiger partial charge >= 0.3 is 0 Å². The summed E-state index contributed by atoms with van der Waals surface area (Å²) in [5.41, 5.74) is 2.82. The highest BCUT2D eigenvalue weighted by molar-refractivity contribution is 5.28. The van der Waals surface area contributed by atoms with Crippen molar-refractivity contribution in [3.05, 3.63) is 59.7 Å². The molecule has 2 aromatic rings. The van der Waals surface area contributed by atoms with Crippen LogP contribution in [0.2, 0.25) is 0 Å². The normalized spacial score (nSPS) is 17.1. The molecule has 4 heteroatoms. The van der Waals surface area contributed by atoms with Crippen LogP contribution in [0.4, 0.5) is 0 Å². The maximum Gasteiger partial charge on any atom is 0.118 e. The summed E-state index contributed by atoms with van der Waals surface area (Å²) < 4.78 is 10.6. The lowest BCUT2D eigenvalue weighted by atomic mass is 9.99. The van der Waals surface area contributed by atoms with Crippen molar-refractivity contribution in [2.24, 2.45) is 0 Å². The molecule has 1 aliphatic rings. The summed E-state index contributed by atoms with van der Waals surface area (Å²) in [6, 6.07) is 18.5. The van der Waals surface area contributed by atoms with Crippen LogP contribution >= 0.6 is 0 Å². The van der Waals surface area contributed by atoms with Crippen LogP contribution in [0.15, 0.2) is 48.5 Å². The van der Waals surface area contributed by atoms with E-state index in [-0.39, 0.29) is 0 Å². The first-order chi connectivity index (χ1) is 15.7. The van der Waals surface area contributed by atoms with Gasteiger partial charge in [-0.2, -0.15) is 0 Å². The molecule has 4 nitrogen and oxygen atoms in total. The third-order valence-corrected chi connectivity index (χ3v) is 7.17. The number of benzene rings is 2. The van der Waals surface area contributed by atoms with Crippen LogP contribution in [0.5, 0.6) is 11.5 Å². The van der Waals surface area contributed by atoms with Gasteiger partial charge in [0.05, 0.1) is 14.2 Å². The summed E-state index contributed by atoms with van der Waals surface area (Å²) in [5.74, 6) is 1.88. The van der Waals surface area contributed by atoms with Gasteiger partial charge in [-0.15, -0.1) is 0 Å². The van der Waals surface area contributed by atoms with Crippen LogP contribution in [0, 0.1) is 0 Å². The third-order valence-electron chi connectivity index (χ3n) is 7.17. The Morgan fingerprint density at radius 2 is 0.969 bits per heavy atom. The highest BCUT2D eigenvalue weighted by Crippen LogP contribution is 2.21. The summed E-state index contributed by atoms with van der Waals surface area (Å²) >= 11 is 0. The monoisotopic (exact) mass is 438 g/mol. The minimum absolute atomic E-state index is 0.679. The van der Waals surface area contributed by atoms with E-state index in [9.17, 15) is 0 Å². The molecular formula is C28H42N2O2. The molecule has 0 aliphatic carbocycles. The second-order valence-electron chi connectivity index (χ2n) is 8.97. The van der Waals surface area contributed by atoms with Gasteiger partial charge in [-0.1, -0.05) is 38.1 Å². The molecule has 1 heterocycles. The molecular weight excluding hydrogens is 396 g/mol. The van der Waals surface area contributed by atoms with Gasteiger partial charge < -0.3 is 9.47 Å². The summed E-state index contributed by atoms with van der Waals surface area (Å²) in [4.78, 5) is 5.46. The molecule has 2 unspecified atom stereocenters. The first kappa shape index (κ1) is 24.6. The van der Waals surface area contributed by atoms with Crippen molar-refractivity contribution >= 4 is 0 Å². The molecule has 2 aromatic carbocycles. The zero-order chi connectivity index (χ0) is 22.8. The van der Waals surface area contributed by atoms with E-state index in [2.05, 4.69) is 72.2 Å². The number of piperazine rings is 1. The predicted octanol–water partition coefficient (Wildman–Crippen LogP) is 5.44. The maximum atomic E-state index is 5.28. The Bertz CT molecular complexity index is 700. The highest BCUT2D eigenvalue weighted by atomic mass is 16.5. The van der Waals surface area contributed by atoms with Crippen molar-refractivity contribution in [2.75, 3.05) is 40.4 Å². The van der Waals surface area contributed by atoms with Crippen molar-refractivity contribution in [3.8, 4) is 11.5 Å². The summed E-state index contributed by atoms with van der Waals surface area (Å²) in [7, 11) is 3.45. The standard InChI is InChI=1S/C28H42N2O2/c1-5-25(13-7-23-9-15-27(31-3)16-10-23)29-19-21-30(22-20-29)26(6-2)14-8-24-11-17-28(32-4)18-12-24/h9-12,15-18,25-26H,5-8,13-14,19-22H2,1-4H3. The first-order valence-corrected chi connectivity index (χ1v) is 12.4. The topological polar surface area (TPSA) is 24.9 Å². The Labute approximate surface area is 195 Å². The fourth-order valence-corrected chi connectivity index (χ4v) is 5.01. The number of ether oxygens (including phenoxy) is 2. The Hall–Kier alpha value is -2.04. The first-order valence-electron chi connectivity index (χ1n) is 12.4. The van der Waals surface area contributed by atoms with Crippen LogP contribution in [0.1, 0.15) is 50.7 Å². The highest BCUT2D eigenvalue weighted by Gasteiger charge is 2.26. The van der Waals surface area contributed by atoms with Crippen molar-refractivity contribution in [2.45, 2.75) is 64.5 Å². The van der Waals surface area contributed by atoms with E-state index in [1.54, 1.807) is 14.2 Å². The molecule has 0 amide bonds. The number of nitrogens with zero attached hydrogens (tertiary/aromatic N) is 2. The average Bonchev–Trinajstić information content (AvgIpc) is 2.86. The molecule has 0 aromatic heterocycles. The minimum Gasteiger partial charge on any atom is -0.497 e. The quantitative estimate of drug-likeness (QED) is 0.440. The van der Waals surface area contributed by atoms with E-state index >= 15 is 0 Å². The molecule has 1 saturated heterocycles. The molecule has 0 radical (unpaired) electrons. The van der Waals surface area contributed by atoms with Crippen LogP contribution in [-0.4, -0.2) is 62.3 Å². The summed E-state index contributed by atoms with van der Waals surface area (Å²) in [6.07, 6.45) is 7.20. The molecule has 32 heavy (non-hydrogen) atoms. The summed E-state index contributed by atoms with van der Waals surface area (Å²) in [5, 5.41) is 0. The van der Waals surface area contributed by atoms with Gasteiger partial charge in [0.15, 0.2) is 0 Å². The van der Waals surface area contributed by atoms with Gasteiger partial charge in [0.25, 0.3) is 0 Å². The Morgan fingerprint density at radius 3 is 1.25 bits per heavy atom. The van der Waals surface area contributed by atoms with Crippen LogP contribution in [0.25, 0.3) is 0 Å². The van der Waals surface area contributed by atoms with Gasteiger partial charge in [0, 0.05) is 38.3 Å². The molecule has 0 saturated carbocycles. The van der Waals surface area contributed by atoms with Crippen molar-refractivity contribution in [1.82, 2.24) is 9.80 Å². The zero-order valence-electron chi connectivity index (χ0n) is 20.6.